The van der Waals surface area contributed by atoms with Gasteiger partial charge in [-0.05, 0) is 37.5 Å². The second-order valence-corrected chi connectivity index (χ2v) is 33.7. The molecule has 606 valence electrons. The van der Waals surface area contributed by atoms with Crippen LogP contribution in [0.1, 0.15) is 440 Å². The fraction of sp³-hybridized carbons (Fsp3) is 0.952. The number of carbonyl (C=O) groups excluding carboxylic acids is 4. The van der Waals surface area contributed by atoms with E-state index in [0.29, 0.717) is 25.7 Å². The minimum Gasteiger partial charge on any atom is -0.462 e. The lowest BCUT2D eigenvalue weighted by molar-refractivity contribution is -0.161. The molecule has 2 unspecified atom stereocenters. The Kier molecular flexibility index (Phi) is 73.1. The van der Waals surface area contributed by atoms with Gasteiger partial charge in [0.15, 0.2) is 12.2 Å². The minimum atomic E-state index is -4.96. The van der Waals surface area contributed by atoms with Crippen LogP contribution >= 0.6 is 15.6 Å². The molecule has 0 aromatic carbocycles. The average Bonchev–Trinajstić information content (AvgIpc) is 0.932. The van der Waals surface area contributed by atoms with E-state index in [0.717, 1.165) is 102 Å². The number of carbonyl (C=O) groups is 4. The summed E-state index contributed by atoms with van der Waals surface area (Å²) in [6.45, 7) is 9.65. The first-order chi connectivity index (χ1) is 49.4. The quantitative estimate of drug-likeness (QED) is 0.0222. The van der Waals surface area contributed by atoms with Crippen LogP contribution in [0.4, 0.5) is 0 Å². The molecule has 0 amide bonds. The van der Waals surface area contributed by atoms with E-state index in [1.165, 1.54) is 257 Å². The first kappa shape index (κ1) is 100. The minimum absolute atomic E-state index is 0.107. The van der Waals surface area contributed by atoms with Crippen molar-refractivity contribution < 1.29 is 80.2 Å². The van der Waals surface area contributed by atoms with Crippen LogP contribution < -0.4 is 0 Å². The summed E-state index contributed by atoms with van der Waals surface area (Å²) in [6, 6.07) is 0. The number of esters is 4. The Bertz CT molecular complexity index is 1960. The van der Waals surface area contributed by atoms with E-state index in [2.05, 4.69) is 41.5 Å². The Morgan fingerprint density at radius 1 is 0.265 bits per heavy atom. The van der Waals surface area contributed by atoms with Crippen molar-refractivity contribution in [1.82, 2.24) is 0 Å². The molecule has 5 atom stereocenters. The van der Waals surface area contributed by atoms with Gasteiger partial charge in [0.2, 0.25) is 0 Å². The second-order valence-electron chi connectivity index (χ2n) is 30.8. The van der Waals surface area contributed by atoms with Gasteiger partial charge in [-0.25, -0.2) is 9.13 Å². The van der Waals surface area contributed by atoms with Crippen LogP contribution in [0.5, 0.6) is 0 Å². The molecule has 19 heteroatoms. The number of aliphatic hydroxyl groups is 1. The molecule has 0 saturated carbocycles. The van der Waals surface area contributed by atoms with E-state index in [1.807, 2.05) is 0 Å². The van der Waals surface area contributed by atoms with Gasteiger partial charge in [0.05, 0.1) is 26.4 Å². The molecular weight excluding hydrogens is 1330 g/mol. The Labute approximate surface area is 626 Å². The smallest absolute Gasteiger partial charge is 0.462 e. The first-order valence-corrected chi connectivity index (χ1v) is 46.0. The lowest BCUT2D eigenvalue weighted by Gasteiger charge is -2.21. The molecule has 0 radical (unpaired) electrons. The van der Waals surface area contributed by atoms with Gasteiger partial charge in [-0.3, -0.25) is 37.3 Å². The van der Waals surface area contributed by atoms with Crippen LogP contribution in [0.25, 0.3) is 0 Å². The van der Waals surface area contributed by atoms with Gasteiger partial charge in [-0.15, -0.1) is 0 Å². The van der Waals surface area contributed by atoms with Crippen molar-refractivity contribution in [3.63, 3.8) is 0 Å². The summed E-state index contributed by atoms with van der Waals surface area (Å²) in [5.41, 5.74) is 0. The van der Waals surface area contributed by atoms with Crippen LogP contribution in [-0.4, -0.2) is 96.7 Å². The zero-order valence-electron chi connectivity index (χ0n) is 66.9. The molecule has 0 aromatic heterocycles. The number of ether oxygens (including phenoxy) is 4. The van der Waals surface area contributed by atoms with E-state index in [1.54, 1.807) is 0 Å². The Hall–Kier alpha value is -1.94. The fourth-order valence-electron chi connectivity index (χ4n) is 12.9. The molecule has 0 fully saturated rings. The molecule has 0 spiro atoms. The highest BCUT2D eigenvalue weighted by molar-refractivity contribution is 7.47. The van der Waals surface area contributed by atoms with Crippen molar-refractivity contribution in [2.45, 2.75) is 458 Å². The van der Waals surface area contributed by atoms with Crippen molar-refractivity contribution in [3.05, 3.63) is 0 Å². The van der Waals surface area contributed by atoms with Gasteiger partial charge in [-0.1, -0.05) is 388 Å². The number of aliphatic hydroxyl groups excluding tert-OH is 1. The molecule has 102 heavy (non-hydrogen) atoms. The SMILES string of the molecule is CCCCCCCCCCCCCCCCCCCCCCCCC(=O)O[C@H](COC(=O)CCCCCCCCCCCCCCCCC(C)C)COP(=O)(O)OC[C@@H](O)COP(=O)(O)OC[C@@H](COC(=O)CCCCCCCCCCC)OC(=O)CCCCCCCCCCCCCC(C)C. The Morgan fingerprint density at radius 2 is 0.451 bits per heavy atom. The number of unbranched alkanes of at least 4 members (excludes halogenated alkanes) is 52. The van der Waals surface area contributed by atoms with Crippen LogP contribution in [0, 0.1) is 11.8 Å². The van der Waals surface area contributed by atoms with Gasteiger partial charge in [-0.2, -0.15) is 0 Å². The van der Waals surface area contributed by atoms with E-state index in [-0.39, 0.29) is 25.7 Å². The number of hydrogen-bond acceptors (Lipinski definition) is 15. The first-order valence-electron chi connectivity index (χ1n) is 43.0. The second kappa shape index (κ2) is 74.5. The monoisotopic (exact) mass is 1490 g/mol. The molecular formula is C83H162O17P2. The largest absolute Gasteiger partial charge is 0.472 e. The van der Waals surface area contributed by atoms with Crippen LogP contribution in [0.15, 0.2) is 0 Å². The molecule has 0 rings (SSSR count). The topological polar surface area (TPSA) is 237 Å². The summed E-state index contributed by atoms with van der Waals surface area (Å²) in [5.74, 6) is -0.544. The molecule has 3 N–H and O–H groups in total. The number of rotatable bonds is 82. The van der Waals surface area contributed by atoms with Crippen LogP contribution in [0.2, 0.25) is 0 Å². The fourth-order valence-corrected chi connectivity index (χ4v) is 14.5. The third-order valence-electron chi connectivity index (χ3n) is 19.5. The molecule has 0 aliphatic rings. The normalized spacial score (nSPS) is 13.9. The number of phosphoric acid groups is 2. The van der Waals surface area contributed by atoms with E-state index in [4.69, 9.17) is 37.0 Å². The summed E-state index contributed by atoms with van der Waals surface area (Å²) in [7, 11) is -9.92. The van der Waals surface area contributed by atoms with Gasteiger partial charge in [0, 0.05) is 25.7 Å². The maximum atomic E-state index is 13.1. The molecule has 0 saturated heterocycles. The highest BCUT2D eigenvalue weighted by Gasteiger charge is 2.30. The lowest BCUT2D eigenvalue weighted by Crippen LogP contribution is -2.30. The maximum absolute atomic E-state index is 13.1. The molecule has 0 heterocycles. The zero-order chi connectivity index (χ0) is 74.9. The zero-order valence-corrected chi connectivity index (χ0v) is 68.7. The molecule has 17 nitrogen and oxygen atoms in total. The predicted molar refractivity (Wildman–Crippen MR) is 418 cm³/mol. The Balaban J connectivity index is 5.20. The van der Waals surface area contributed by atoms with Crippen molar-refractivity contribution in [2.24, 2.45) is 11.8 Å². The van der Waals surface area contributed by atoms with Gasteiger partial charge < -0.3 is 33.8 Å². The van der Waals surface area contributed by atoms with Gasteiger partial charge >= 0.3 is 39.5 Å². The highest BCUT2D eigenvalue weighted by atomic mass is 31.2. The molecule has 0 aliphatic carbocycles. The summed E-state index contributed by atoms with van der Waals surface area (Å²) >= 11 is 0. The molecule has 0 aromatic rings. The highest BCUT2D eigenvalue weighted by Crippen LogP contribution is 2.45. The van der Waals surface area contributed by atoms with E-state index < -0.39 is 97.5 Å². The van der Waals surface area contributed by atoms with Crippen molar-refractivity contribution >= 4 is 39.5 Å². The predicted octanol–water partition coefficient (Wildman–Crippen LogP) is 25.1. The summed E-state index contributed by atoms with van der Waals surface area (Å²) in [4.78, 5) is 73.0. The maximum Gasteiger partial charge on any atom is 0.472 e. The summed E-state index contributed by atoms with van der Waals surface area (Å²) in [5, 5.41) is 10.6. The standard InChI is InChI=1S/C83H162O17P2/c1-7-9-11-13-15-17-18-19-20-21-22-23-24-25-26-27-32-37-43-49-55-61-67-82(87)100-79(72-94-81(86)66-60-54-48-42-36-31-29-28-30-34-40-45-51-57-63-75(3)4)74-98-102(91,92)96-70-77(84)69-95-101(89,90)97-73-78(71-93-80(85)65-59-53-47-39-16-14-12-10-8-2)99-83(88)68-62-56-50-44-38-33-35-41-46-52-58-64-76(5)6/h75-79,84H,7-74H2,1-6H3,(H,89,90)(H,91,92)/t77-,78+,79+/m0/s1. The van der Waals surface area contributed by atoms with Gasteiger partial charge in [0.1, 0.15) is 19.3 Å². The number of hydrogen-bond donors (Lipinski definition) is 3. The van der Waals surface area contributed by atoms with E-state index >= 15 is 0 Å². The third-order valence-corrected chi connectivity index (χ3v) is 21.4. The van der Waals surface area contributed by atoms with Crippen molar-refractivity contribution in [2.75, 3.05) is 39.6 Å². The Morgan fingerprint density at radius 3 is 0.667 bits per heavy atom. The third kappa shape index (κ3) is 76.3. The van der Waals surface area contributed by atoms with Crippen molar-refractivity contribution in [1.29, 1.82) is 0 Å². The number of phosphoric ester groups is 2. The van der Waals surface area contributed by atoms with Crippen LogP contribution in [-0.2, 0) is 65.4 Å². The average molecular weight is 1490 g/mol. The summed E-state index contributed by atoms with van der Waals surface area (Å²) < 4.78 is 68.7. The lowest BCUT2D eigenvalue weighted by atomic mass is 10.0. The van der Waals surface area contributed by atoms with Crippen molar-refractivity contribution in [3.8, 4) is 0 Å². The molecule has 0 aliphatic heterocycles. The van der Waals surface area contributed by atoms with E-state index in [9.17, 15) is 43.2 Å². The summed E-state index contributed by atoms with van der Waals surface area (Å²) in [6.07, 6.45) is 65.4. The van der Waals surface area contributed by atoms with Crippen LogP contribution in [0.3, 0.4) is 0 Å². The van der Waals surface area contributed by atoms with Gasteiger partial charge in [0.25, 0.3) is 0 Å². The molecule has 0 bridgehead atoms.